The van der Waals surface area contributed by atoms with Gasteiger partial charge in [0.2, 0.25) is 12.7 Å². The quantitative estimate of drug-likeness (QED) is 0.332. The molecule has 0 radical (unpaired) electrons. The van der Waals surface area contributed by atoms with Crippen LogP contribution in [0.4, 0.5) is 8.78 Å². The first-order chi connectivity index (χ1) is 15.1. The standard InChI is InChI=1S/C20H24F2N4O5/c1-23-20(25-10-13-4-3-5-24-18(13)28-7-6-27-2)26-11-14-8-16-17(30-12-29-16)9-15(14)31-19(21)22/h3-5,8-9,19H,6-7,10-12H2,1-2H3,(H2,23,25,26). The van der Waals surface area contributed by atoms with Crippen molar-refractivity contribution in [2.75, 3.05) is 34.2 Å². The number of hydrogen-bond acceptors (Lipinski definition) is 7. The fourth-order valence-corrected chi connectivity index (χ4v) is 2.80. The van der Waals surface area contributed by atoms with E-state index in [2.05, 4.69) is 25.3 Å². The Morgan fingerprint density at radius 3 is 2.61 bits per heavy atom. The molecule has 0 atom stereocenters. The highest BCUT2D eigenvalue weighted by Gasteiger charge is 2.20. The number of hydrogen-bond donors (Lipinski definition) is 2. The van der Waals surface area contributed by atoms with Crippen LogP contribution in [0.15, 0.2) is 35.5 Å². The van der Waals surface area contributed by atoms with E-state index in [0.717, 1.165) is 5.56 Å². The lowest BCUT2D eigenvalue weighted by Crippen LogP contribution is -2.36. The maximum absolute atomic E-state index is 12.8. The van der Waals surface area contributed by atoms with E-state index in [1.165, 1.54) is 6.07 Å². The van der Waals surface area contributed by atoms with Crippen LogP contribution in [0.5, 0.6) is 23.1 Å². The highest BCUT2D eigenvalue weighted by molar-refractivity contribution is 5.79. The van der Waals surface area contributed by atoms with Crippen molar-refractivity contribution in [3.05, 3.63) is 41.6 Å². The summed E-state index contributed by atoms with van der Waals surface area (Å²) in [7, 11) is 3.20. The van der Waals surface area contributed by atoms with Crippen LogP contribution in [-0.2, 0) is 17.8 Å². The molecular weight excluding hydrogens is 414 g/mol. The highest BCUT2D eigenvalue weighted by Crippen LogP contribution is 2.38. The maximum Gasteiger partial charge on any atom is 0.387 e. The number of rotatable bonds is 10. The van der Waals surface area contributed by atoms with Crippen molar-refractivity contribution in [3.63, 3.8) is 0 Å². The first-order valence-corrected chi connectivity index (χ1v) is 9.48. The minimum absolute atomic E-state index is 0.00305. The molecule has 2 aromatic rings. The van der Waals surface area contributed by atoms with Crippen LogP contribution in [0.3, 0.4) is 0 Å². The number of halogens is 2. The number of methoxy groups -OCH3 is 1. The van der Waals surface area contributed by atoms with E-state index in [4.69, 9.17) is 18.9 Å². The van der Waals surface area contributed by atoms with Gasteiger partial charge in [-0.2, -0.15) is 8.78 Å². The second-order valence-electron chi connectivity index (χ2n) is 6.28. The van der Waals surface area contributed by atoms with E-state index < -0.39 is 6.61 Å². The summed E-state index contributed by atoms with van der Waals surface area (Å²) in [5.74, 6) is 1.77. The Balaban J connectivity index is 1.62. The van der Waals surface area contributed by atoms with E-state index >= 15 is 0 Å². The van der Waals surface area contributed by atoms with Crippen molar-refractivity contribution >= 4 is 5.96 Å². The van der Waals surface area contributed by atoms with Crippen LogP contribution in [0, 0.1) is 0 Å². The van der Waals surface area contributed by atoms with Gasteiger partial charge in [0.15, 0.2) is 17.5 Å². The molecule has 11 heteroatoms. The summed E-state index contributed by atoms with van der Waals surface area (Å²) in [6.07, 6.45) is 1.64. The Labute approximate surface area is 178 Å². The van der Waals surface area contributed by atoms with Gasteiger partial charge in [0.1, 0.15) is 12.4 Å². The molecule has 0 saturated heterocycles. The van der Waals surface area contributed by atoms with Crippen LogP contribution in [-0.4, -0.2) is 51.7 Å². The third-order valence-electron chi connectivity index (χ3n) is 4.26. The third kappa shape index (κ3) is 6.32. The molecule has 0 spiro atoms. The zero-order chi connectivity index (χ0) is 22.1. The molecule has 3 rings (SSSR count). The number of aliphatic imine (C=N–C) groups is 1. The molecule has 2 heterocycles. The molecule has 168 valence electrons. The van der Waals surface area contributed by atoms with Gasteiger partial charge in [0, 0.05) is 50.6 Å². The highest BCUT2D eigenvalue weighted by atomic mass is 19.3. The second-order valence-corrected chi connectivity index (χ2v) is 6.28. The van der Waals surface area contributed by atoms with Gasteiger partial charge in [-0.25, -0.2) is 4.98 Å². The van der Waals surface area contributed by atoms with E-state index in [1.54, 1.807) is 32.5 Å². The van der Waals surface area contributed by atoms with Gasteiger partial charge in [-0.1, -0.05) is 6.07 Å². The predicted molar refractivity (Wildman–Crippen MR) is 108 cm³/mol. The molecule has 0 saturated carbocycles. The first-order valence-electron chi connectivity index (χ1n) is 9.48. The molecule has 31 heavy (non-hydrogen) atoms. The minimum Gasteiger partial charge on any atom is -0.475 e. The Kier molecular flexibility index (Phi) is 8.05. The summed E-state index contributed by atoms with van der Waals surface area (Å²) in [6, 6.07) is 6.67. The molecule has 2 N–H and O–H groups in total. The SMILES string of the molecule is CN=C(NCc1cc2c(cc1OC(F)F)OCO2)NCc1cccnc1OCCOC. The molecule has 0 amide bonds. The Morgan fingerprint density at radius 1 is 1.16 bits per heavy atom. The monoisotopic (exact) mass is 438 g/mol. The Bertz CT molecular complexity index is 898. The number of benzene rings is 1. The number of guanidine groups is 1. The van der Waals surface area contributed by atoms with Gasteiger partial charge < -0.3 is 34.3 Å². The zero-order valence-electron chi connectivity index (χ0n) is 17.2. The molecule has 0 unspecified atom stereocenters. The van der Waals surface area contributed by atoms with Crippen LogP contribution in [0.1, 0.15) is 11.1 Å². The van der Waals surface area contributed by atoms with Crippen molar-refractivity contribution in [1.29, 1.82) is 0 Å². The lowest BCUT2D eigenvalue weighted by molar-refractivity contribution is -0.0505. The number of nitrogens with zero attached hydrogens (tertiary/aromatic N) is 2. The number of pyridine rings is 1. The maximum atomic E-state index is 12.8. The summed E-state index contributed by atoms with van der Waals surface area (Å²) in [4.78, 5) is 8.38. The molecule has 1 aliphatic rings. The molecule has 1 aromatic carbocycles. The summed E-state index contributed by atoms with van der Waals surface area (Å²) in [6.45, 7) is -1.54. The van der Waals surface area contributed by atoms with Crippen molar-refractivity contribution in [2.45, 2.75) is 19.7 Å². The fourth-order valence-electron chi connectivity index (χ4n) is 2.80. The normalized spacial score (nSPS) is 12.7. The van der Waals surface area contributed by atoms with Crippen molar-refractivity contribution in [3.8, 4) is 23.1 Å². The van der Waals surface area contributed by atoms with Crippen molar-refractivity contribution < 1.29 is 32.5 Å². The second kappa shape index (κ2) is 11.2. The predicted octanol–water partition coefficient (Wildman–Crippen LogP) is 2.30. The smallest absolute Gasteiger partial charge is 0.387 e. The van der Waals surface area contributed by atoms with Crippen LogP contribution < -0.4 is 29.6 Å². The lowest BCUT2D eigenvalue weighted by Gasteiger charge is -2.16. The van der Waals surface area contributed by atoms with E-state index in [-0.39, 0.29) is 19.1 Å². The van der Waals surface area contributed by atoms with Crippen LogP contribution in [0.2, 0.25) is 0 Å². The van der Waals surface area contributed by atoms with Crippen molar-refractivity contribution in [1.82, 2.24) is 15.6 Å². The summed E-state index contributed by atoms with van der Waals surface area (Å²) >= 11 is 0. The van der Waals surface area contributed by atoms with Crippen LogP contribution in [0.25, 0.3) is 0 Å². The number of alkyl halides is 2. The summed E-state index contributed by atoms with van der Waals surface area (Å²) in [5.41, 5.74) is 1.30. The number of aromatic nitrogens is 1. The first kappa shape index (κ1) is 22.3. The lowest BCUT2D eigenvalue weighted by atomic mass is 10.1. The number of fused-ring (bicyclic) bond motifs is 1. The van der Waals surface area contributed by atoms with E-state index in [9.17, 15) is 8.78 Å². The van der Waals surface area contributed by atoms with Gasteiger partial charge in [-0.05, 0) is 12.1 Å². The topological polar surface area (TPSA) is 95.5 Å². The molecule has 1 aliphatic heterocycles. The van der Waals surface area contributed by atoms with Crippen molar-refractivity contribution in [2.24, 2.45) is 4.99 Å². The van der Waals surface area contributed by atoms with Gasteiger partial charge in [-0.3, -0.25) is 4.99 Å². The van der Waals surface area contributed by atoms with E-state index in [1.807, 2.05) is 6.07 Å². The minimum atomic E-state index is -2.96. The number of nitrogens with one attached hydrogen (secondary N) is 2. The summed E-state index contributed by atoms with van der Waals surface area (Å²) < 4.78 is 51.4. The average Bonchev–Trinajstić information content (AvgIpc) is 3.21. The van der Waals surface area contributed by atoms with Gasteiger partial charge in [-0.15, -0.1) is 0 Å². The Morgan fingerprint density at radius 2 is 1.90 bits per heavy atom. The molecule has 1 aromatic heterocycles. The zero-order valence-corrected chi connectivity index (χ0v) is 17.2. The average molecular weight is 438 g/mol. The van der Waals surface area contributed by atoms with Gasteiger partial charge in [0.25, 0.3) is 0 Å². The Hall–Kier alpha value is -3.34. The summed E-state index contributed by atoms with van der Waals surface area (Å²) in [5, 5.41) is 6.21. The molecule has 0 fully saturated rings. The van der Waals surface area contributed by atoms with E-state index in [0.29, 0.717) is 48.7 Å². The van der Waals surface area contributed by atoms with Gasteiger partial charge in [0.05, 0.1) is 6.61 Å². The fraction of sp³-hybridized carbons (Fsp3) is 0.400. The molecule has 9 nitrogen and oxygen atoms in total. The van der Waals surface area contributed by atoms with Crippen LogP contribution >= 0.6 is 0 Å². The van der Waals surface area contributed by atoms with Gasteiger partial charge >= 0.3 is 6.61 Å². The molecular formula is C20H24F2N4O5. The number of ether oxygens (including phenoxy) is 5. The third-order valence-corrected chi connectivity index (χ3v) is 4.26. The molecule has 0 aliphatic carbocycles. The molecule has 0 bridgehead atoms. The largest absolute Gasteiger partial charge is 0.475 e.